The van der Waals surface area contributed by atoms with E-state index in [0.717, 1.165) is 63.6 Å². The van der Waals surface area contributed by atoms with Crippen molar-refractivity contribution >= 4 is 17.0 Å². The minimum atomic E-state index is -0.597. The van der Waals surface area contributed by atoms with Crippen LogP contribution in [0.25, 0.3) is 22.3 Å². The Labute approximate surface area is 268 Å². The highest BCUT2D eigenvalue weighted by molar-refractivity contribution is 5.93. The number of aliphatic hydroxyl groups is 1. The number of nitrogens with zero attached hydrogens (tertiary/aromatic N) is 4. The second-order valence-electron chi connectivity index (χ2n) is 11.5. The Bertz CT molecular complexity index is 1920. The molecule has 1 N–H and O–H groups in total. The Morgan fingerprint density at radius 1 is 1.04 bits per heavy atom. The van der Waals surface area contributed by atoms with Crippen LogP contribution in [0.3, 0.4) is 0 Å². The number of pyridine rings is 1. The molecule has 2 aliphatic heterocycles. The second kappa shape index (κ2) is 13.9. The summed E-state index contributed by atoms with van der Waals surface area (Å²) >= 11 is 0. The van der Waals surface area contributed by atoms with E-state index in [1.54, 1.807) is 18.2 Å². The van der Waals surface area contributed by atoms with Gasteiger partial charge in [-0.2, -0.15) is 5.26 Å². The number of rotatable bonds is 3. The first-order chi connectivity index (χ1) is 22.4. The molecule has 9 heteroatoms. The molecule has 0 aliphatic carbocycles. The first-order valence-electron chi connectivity index (χ1n) is 15.4. The fraction of sp³-hybridized carbons (Fsp3) is 0.297. The molecular weight excluding hydrogens is 580 g/mol. The number of aromatic nitrogens is 3. The average molecular weight is 617 g/mol. The molecule has 9 nitrogen and oxygen atoms in total. The van der Waals surface area contributed by atoms with E-state index in [4.69, 9.17) is 24.2 Å². The standard InChI is InChI=1S/C34H30N4O4.C3H6O/c1-38-31-17-25(34(40)41-2)11-13-30(31)36-32(38)18-23-8-9-24-15-22(23)10-12-28(39)16-27-14-21(19-35)6-7-26(27)20-42-33-5-3-4-29(24)37-33;1-2-4-3-1/h3-9,11,13-15,17,28,39H,10,12,16,18,20H2,1-2H3;1-3H2. The number of carbonyl (C=O) groups excluding carboxylic acids is 1. The summed E-state index contributed by atoms with van der Waals surface area (Å²) in [5.41, 5.74) is 8.49. The molecule has 0 spiro atoms. The number of methoxy groups -OCH3 is 1. The number of hydrogen-bond acceptors (Lipinski definition) is 8. The number of aliphatic hydroxyl groups excluding tert-OH is 1. The summed E-state index contributed by atoms with van der Waals surface area (Å²) in [4.78, 5) is 21.7. The summed E-state index contributed by atoms with van der Waals surface area (Å²) in [5.74, 6) is 0.991. The molecule has 7 rings (SSSR count). The predicted octanol–water partition coefficient (Wildman–Crippen LogP) is 5.72. The van der Waals surface area contributed by atoms with Crippen LogP contribution in [0.4, 0.5) is 0 Å². The Morgan fingerprint density at radius 3 is 2.63 bits per heavy atom. The van der Waals surface area contributed by atoms with Gasteiger partial charge in [0.25, 0.3) is 0 Å². The first kappa shape index (κ1) is 31.0. The number of fused-ring (bicyclic) bond motifs is 7. The van der Waals surface area contributed by atoms with Crippen LogP contribution in [0.15, 0.2) is 72.8 Å². The van der Waals surface area contributed by atoms with Gasteiger partial charge < -0.3 is 23.9 Å². The molecule has 1 atom stereocenters. The van der Waals surface area contributed by atoms with Crippen molar-refractivity contribution in [2.24, 2.45) is 7.05 Å². The molecular formula is C37H36N4O5. The highest BCUT2D eigenvalue weighted by Gasteiger charge is 2.18. The Kier molecular flexibility index (Phi) is 9.38. The lowest BCUT2D eigenvalue weighted by molar-refractivity contribution is 0.0367. The van der Waals surface area contributed by atoms with E-state index in [2.05, 4.69) is 24.3 Å². The van der Waals surface area contributed by atoms with Gasteiger partial charge in [0.2, 0.25) is 5.88 Å². The lowest BCUT2D eigenvalue weighted by Crippen LogP contribution is -2.15. The molecule has 234 valence electrons. The van der Waals surface area contributed by atoms with Gasteiger partial charge >= 0.3 is 5.97 Å². The van der Waals surface area contributed by atoms with E-state index in [9.17, 15) is 15.2 Å². The largest absolute Gasteiger partial charge is 0.473 e. The molecule has 46 heavy (non-hydrogen) atoms. The molecule has 4 heterocycles. The van der Waals surface area contributed by atoms with E-state index in [1.807, 2.05) is 48.0 Å². The van der Waals surface area contributed by atoms with Crippen LogP contribution < -0.4 is 4.74 Å². The van der Waals surface area contributed by atoms with Crippen LogP contribution >= 0.6 is 0 Å². The molecule has 4 bridgehead atoms. The monoisotopic (exact) mass is 616 g/mol. The van der Waals surface area contributed by atoms with Gasteiger partial charge in [0.15, 0.2) is 0 Å². The molecule has 0 amide bonds. The van der Waals surface area contributed by atoms with Gasteiger partial charge in [-0.25, -0.2) is 14.8 Å². The van der Waals surface area contributed by atoms with E-state index in [1.165, 1.54) is 13.5 Å². The zero-order valence-corrected chi connectivity index (χ0v) is 26.0. The van der Waals surface area contributed by atoms with Crippen molar-refractivity contribution in [1.29, 1.82) is 5.26 Å². The molecule has 1 unspecified atom stereocenters. The van der Waals surface area contributed by atoms with Crippen LogP contribution in [0.5, 0.6) is 5.88 Å². The van der Waals surface area contributed by atoms with Crippen LogP contribution in [-0.2, 0) is 42.4 Å². The SMILES string of the molecule is C1COC1.COC(=O)c1ccc2nc(Cc3ccc4cc3CCC(O)Cc3cc(C#N)ccc3COc3cccc-4n3)n(C)c2c1. The van der Waals surface area contributed by atoms with Gasteiger partial charge in [0, 0.05) is 38.3 Å². The Hall–Kier alpha value is -5.04. The number of esters is 1. The van der Waals surface area contributed by atoms with Crippen molar-refractivity contribution in [1.82, 2.24) is 14.5 Å². The second-order valence-corrected chi connectivity index (χ2v) is 11.5. The highest BCUT2D eigenvalue weighted by atomic mass is 16.5. The minimum absolute atomic E-state index is 0.299. The maximum absolute atomic E-state index is 12.1. The summed E-state index contributed by atoms with van der Waals surface area (Å²) in [6.45, 7) is 2.30. The molecule has 0 saturated carbocycles. The lowest BCUT2D eigenvalue weighted by Gasteiger charge is -2.18. The molecule has 5 aromatic rings. The Morgan fingerprint density at radius 2 is 1.87 bits per heavy atom. The van der Waals surface area contributed by atoms with Gasteiger partial charge in [0.1, 0.15) is 12.4 Å². The molecule has 1 fully saturated rings. The highest BCUT2D eigenvalue weighted by Crippen LogP contribution is 2.28. The zero-order valence-electron chi connectivity index (χ0n) is 26.0. The van der Waals surface area contributed by atoms with E-state index in [-0.39, 0.29) is 5.97 Å². The van der Waals surface area contributed by atoms with Crippen LogP contribution in [0, 0.1) is 11.3 Å². The minimum Gasteiger partial charge on any atom is -0.473 e. The lowest BCUT2D eigenvalue weighted by atomic mass is 9.93. The molecule has 2 aromatic heterocycles. The Balaban J connectivity index is 0.000000863. The van der Waals surface area contributed by atoms with Gasteiger partial charge in [0.05, 0.1) is 47.1 Å². The number of imidazole rings is 1. The topological polar surface area (TPSA) is 119 Å². The van der Waals surface area contributed by atoms with E-state index >= 15 is 0 Å². The number of benzene rings is 3. The third kappa shape index (κ3) is 6.94. The van der Waals surface area contributed by atoms with Crippen molar-refractivity contribution < 1.29 is 24.1 Å². The number of nitriles is 1. The summed E-state index contributed by atoms with van der Waals surface area (Å²) < 4.78 is 17.7. The number of hydrogen-bond donors (Lipinski definition) is 1. The third-order valence-corrected chi connectivity index (χ3v) is 8.46. The fourth-order valence-electron chi connectivity index (χ4n) is 5.66. The van der Waals surface area contributed by atoms with Crippen LogP contribution in [0.1, 0.15) is 56.8 Å². The molecule has 3 aromatic carbocycles. The average Bonchev–Trinajstić information content (AvgIpc) is 3.36. The predicted molar refractivity (Wildman–Crippen MR) is 173 cm³/mol. The maximum atomic E-state index is 12.1. The van der Waals surface area contributed by atoms with Crippen molar-refractivity contribution in [2.75, 3.05) is 20.3 Å². The number of aryl methyl sites for hydroxylation is 2. The number of ether oxygens (including phenoxy) is 3. The zero-order chi connectivity index (χ0) is 32.0. The summed E-state index contributed by atoms with van der Waals surface area (Å²) in [7, 11) is 3.32. The number of carbonyl (C=O) groups is 1. The normalized spacial score (nSPS) is 15.6. The van der Waals surface area contributed by atoms with Gasteiger partial charge in [-0.1, -0.05) is 24.3 Å². The molecule has 1 saturated heterocycles. The maximum Gasteiger partial charge on any atom is 0.337 e. The van der Waals surface area contributed by atoms with Gasteiger partial charge in [-0.05, 0) is 90.4 Å². The smallest absolute Gasteiger partial charge is 0.337 e. The van der Waals surface area contributed by atoms with Crippen molar-refractivity contribution in [2.45, 2.75) is 44.8 Å². The summed E-state index contributed by atoms with van der Waals surface area (Å²) in [6.07, 6.45) is 2.89. The summed E-state index contributed by atoms with van der Waals surface area (Å²) in [6, 6.07) is 25.1. The van der Waals surface area contributed by atoms with Gasteiger partial charge in [-0.15, -0.1) is 0 Å². The first-order valence-corrected chi connectivity index (χ1v) is 15.4. The van der Waals surface area contributed by atoms with Crippen LogP contribution in [0.2, 0.25) is 0 Å². The molecule has 0 radical (unpaired) electrons. The fourth-order valence-corrected chi connectivity index (χ4v) is 5.66. The van der Waals surface area contributed by atoms with Crippen molar-refractivity contribution in [3.8, 4) is 23.2 Å². The van der Waals surface area contributed by atoms with E-state index < -0.39 is 6.10 Å². The van der Waals surface area contributed by atoms with Gasteiger partial charge in [-0.3, -0.25) is 0 Å². The van der Waals surface area contributed by atoms with E-state index in [0.29, 0.717) is 49.3 Å². The third-order valence-electron chi connectivity index (χ3n) is 8.46. The summed E-state index contributed by atoms with van der Waals surface area (Å²) in [5, 5.41) is 20.5. The van der Waals surface area contributed by atoms with Crippen molar-refractivity contribution in [3.63, 3.8) is 0 Å². The van der Waals surface area contributed by atoms with Crippen LogP contribution in [-0.4, -0.2) is 52.0 Å². The quantitative estimate of drug-likeness (QED) is 0.256. The molecule has 2 aliphatic rings. The van der Waals surface area contributed by atoms with Crippen molar-refractivity contribution in [3.05, 3.63) is 112 Å².